The Bertz CT molecular complexity index is 401. The Labute approximate surface area is 118 Å². The topological polar surface area (TPSA) is 78.7 Å². The normalized spacial score (nSPS) is 26.9. The van der Waals surface area contributed by atoms with Crippen LogP contribution in [0.4, 0.5) is 0 Å². The molecule has 0 aromatic rings. The molecular weight excluding hydrogens is 264 g/mol. The monoisotopic (exact) mass is 284 g/mol. The molecule has 0 saturated carbocycles. The Balaban J connectivity index is 1.94. The van der Waals surface area contributed by atoms with E-state index in [4.69, 9.17) is 5.73 Å². The lowest BCUT2D eigenvalue weighted by Gasteiger charge is -2.41. The lowest BCUT2D eigenvalue weighted by molar-refractivity contribution is -0.149. The van der Waals surface area contributed by atoms with E-state index in [-0.39, 0.29) is 17.6 Å². The number of thiocarbonyl (C=S) groups is 1. The Kier molecular flexibility index (Phi) is 4.36. The van der Waals surface area contributed by atoms with Crippen LogP contribution in [0.15, 0.2) is 0 Å². The number of carbonyl (C=O) groups excluding carboxylic acids is 2. The fourth-order valence-corrected chi connectivity index (χ4v) is 2.92. The molecule has 3 N–H and O–H groups in total. The molecule has 0 aromatic carbocycles. The van der Waals surface area contributed by atoms with Crippen LogP contribution < -0.4 is 11.1 Å². The smallest absolute Gasteiger partial charge is 0.312 e. The molecule has 2 amide bonds. The standard InChI is InChI=1S/C12H20N4O2S/c1-8-6-15-4-2-3-9(15)7-16(8)12(18)11(17)14-5-10(13)19/h8-9H,2-7H2,1H3,(H2,13,19)(H,14,17). The highest BCUT2D eigenvalue weighted by molar-refractivity contribution is 7.80. The quantitative estimate of drug-likeness (QED) is 0.507. The first-order valence-electron chi connectivity index (χ1n) is 6.60. The molecule has 2 rings (SSSR count). The van der Waals surface area contributed by atoms with Gasteiger partial charge in [0.1, 0.15) is 0 Å². The zero-order valence-electron chi connectivity index (χ0n) is 11.1. The van der Waals surface area contributed by atoms with Gasteiger partial charge in [0, 0.05) is 25.2 Å². The van der Waals surface area contributed by atoms with Gasteiger partial charge in [0.2, 0.25) is 0 Å². The van der Waals surface area contributed by atoms with E-state index in [9.17, 15) is 9.59 Å². The van der Waals surface area contributed by atoms with Crippen molar-refractivity contribution in [2.24, 2.45) is 5.73 Å². The summed E-state index contributed by atoms with van der Waals surface area (Å²) in [4.78, 5) is 28.1. The zero-order chi connectivity index (χ0) is 14.0. The van der Waals surface area contributed by atoms with E-state index >= 15 is 0 Å². The third-order valence-electron chi connectivity index (χ3n) is 3.82. The van der Waals surface area contributed by atoms with Gasteiger partial charge in [-0.15, -0.1) is 0 Å². The van der Waals surface area contributed by atoms with Crippen LogP contribution >= 0.6 is 12.2 Å². The minimum atomic E-state index is -0.619. The number of piperazine rings is 1. The van der Waals surface area contributed by atoms with Crippen LogP contribution in [0.5, 0.6) is 0 Å². The van der Waals surface area contributed by atoms with E-state index in [0.29, 0.717) is 12.6 Å². The molecule has 2 heterocycles. The highest BCUT2D eigenvalue weighted by atomic mass is 32.1. The largest absolute Gasteiger partial charge is 0.392 e. The van der Waals surface area contributed by atoms with Gasteiger partial charge in [-0.05, 0) is 26.3 Å². The van der Waals surface area contributed by atoms with Crippen LogP contribution in [0.25, 0.3) is 0 Å². The number of nitrogens with zero attached hydrogens (tertiary/aromatic N) is 2. The van der Waals surface area contributed by atoms with Crippen molar-refractivity contribution >= 4 is 29.0 Å². The minimum absolute atomic E-state index is 0.0671. The molecule has 2 aliphatic heterocycles. The summed E-state index contributed by atoms with van der Waals surface area (Å²) < 4.78 is 0. The molecule has 2 fully saturated rings. The molecule has 19 heavy (non-hydrogen) atoms. The Morgan fingerprint density at radius 1 is 1.42 bits per heavy atom. The first-order valence-corrected chi connectivity index (χ1v) is 7.01. The molecule has 6 nitrogen and oxygen atoms in total. The summed E-state index contributed by atoms with van der Waals surface area (Å²) in [6.45, 7) is 4.63. The van der Waals surface area contributed by atoms with Gasteiger partial charge in [0.15, 0.2) is 0 Å². The number of carbonyl (C=O) groups is 2. The number of hydrogen-bond acceptors (Lipinski definition) is 4. The number of rotatable bonds is 2. The first-order chi connectivity index (χ1) is 8.99. The third kappa shape index (κ3) is 3.22. The molecule has 0 aliphatic carbocycles. The van der Waals surface area contributed by atoms with Crippen molar-refractivity contribution in [2.45, 2.75) is 31.8 Å². The van der Waals surface area contributed by atoms with Crippen LogP contribution in [0.1, 0.15) is 19.8 Å². The number of nitrogens with one attached hydrogen (secondary N) is 1. The summed E-state index contributed by atoms with van der Waals surface area (Å²) in [6, 6.07) is 0.473. The van der Waals surface area contributed by atoms with Gasteiger partial charge in [0.05, 0.1) is 11.5 Å². The molecule has 2 saturated heterocycles. The second kappa shape index (κ2) is 5.83. The van der Waals surface area contributed by atoms with E-state index in [0.717, 1.165) is 19.5 Å². The fourth-order valence-electron chi connectivity index (χ4n) is 2.84. The van der Waals surface area contributed by atoms with Crippen LogP contribution in [-0.4, -0.2) is 64.9 Å². The second-order valence-corrected chi connectivity index (χ2v) is 5.77. The van der Waals surface area contributed by atoms with Crippen LogP contribution in [0, 0.1) is 0 Å². The summed E-state index contributed by atoms with van der Waals surface area (Å²) >= 11 is 4.67. The predicted octanol–water partition coefficient (Wildman–Crippen LogP) is -0.916. The van der Waals surface area contributed by atoms with Crippen molar-refractivity contribution in [2.75, 3.05) is 26.2 Å². The zero-order valence-corrected chi connectivity index (χ0v) is 11.9. The molecule has 0 radical (unpaired) electrons. The lowest BCUT2D eigenvalue weighted by atomic mass is 10.1. The molecule has 106 valence electrons. The SMILES string of the molecule is CC1CN2CCCC2CN1C(=O)C(=O)NCC(N)=S. The van der Waals surface area contributed by atoms with Crippen LogP contribution in [-0.2, 0) is 9.59 Å². The lowest BCUT2D eigenvalue weighted by Crippen LogP contribution is -2.59. The molecule has 2 aliphatic rings. The van der Waals surface area contributed by atoms with Gasteiger partial charge in [-0.2, -0.15) is 0 Å². The number of amides is 2. The highest BCUT2D eigenvalue weighted by Gasteiger charge is 2.38. The summed E-state index contributed by atoms with van der Waals surface area (Å²) in [5, 5.41) is 2.45. The van der Waals surface area contributed by atoms with Crippen molar-refractivity contribution in [1.82, 2.24) is 15.1 Å². The molecule has 0 aromatic heterocycles. The Morgan fingerprint density at radius 3 is 2.84 bits per heavy atom. The molecule has 0 spiro atoms. The molecule has 0 bridgehead atoms. The van der Waals surface area contributed by atoms with Crippen LogP contribution in [0.2, 0.25) is 0 Å². The number of hydrogen-bond donors (Lipinski definition) is 2. The summed E-state index contributed by atoms with van der Waals surface area (Å²) in [5.74, 6) is -1.10. The number of nitrogens with two attached hydrogens (primary N) is 1. The van der Waals surface area contributed by atoms with Crippen molar-refractivity contribution in [1.29, 1.82) is 0 Å². The van der Waals surface area contributed by atoms with Crippen molar-refractivity contribution in [3.63, 3.8) is 0 Å². The van der Waals surface area contributed by atoms with Crippen molar-refractivity contribution < 1.29 is 9.59 Å². The third-order valence-corrected chi connectivity index (χ3v) is 3.96. The Morgan fingerprint density at radius 2 is 2.16 bits per heavy atom. The first kappa shape index (κ1) is 14.2. The van der Waals surface area contributed by atoms with Gasteiger partial charge >= 0.3 is 11.8 Å². The van der Waals surface area contributed by atoms with Gasteiger partial charge < -0.3 is 16.0 Å². The minimum Gasteiger partial charge on any atom is -0.392 e. The molecule has 2 atom stereocenters. The predicted molar refractivity (Wildman–Crippen MR) is 75.6 cm³/mol. The van der Waals surface area contributed by atoms with E-state index in [1.54, 1.807) is 4.90 Å². The van der Waals surface area contributed by atoms with Gasteiger partial charge in [-0.1, -0.05) is 12.2 Å². The van der Waals surface area contributed by atoms with Crippen molar-refractivity contribution in [3.05, 3.63) is 0 Å². The number of fused-ring (bicyclic) bond motifs is 1. The van der Waals surface area contributed by atoms with E-state index < -0.39 is 11.8 Å². The van der Waals surface area contributed by atoms with E-state index in [1.807, 2.05) is 6.92 Å². The maximum Gasteiger partial charge on any atom is 0.312 e. The molecule has 7 heteroatoms. The second-order valence-electron chi connectivity index (χ2n) is 5.25. The molecular formula is C12H20N4O2S. The molecule has 2 unspecified atom stereocenters. The maximum atomic E-state index is 12.1. The van der Waals surface area contributed by atoms with Gasteiger partial charge in [0.25, 0.3) is 0 Å². The summed E-state index contributed by atoms with van der Waals surface area (Å²) in [6.07, 6.45) is 2.28. The van der Waals surface area contributed by atoms with Gasteiger partial charge in [-0.3, -0.25) is 14.5 Å². The van der Waals surface area contributed by atoms with Gasteiger partial charge in [-0.25, -0.2) is 0 Å². The van der Waals surface area contributed by atoms with E-state index in [1.165, 1.54) is 6.42 Å². The average molecular weight is 284 g/mol. The Hall–Kier alpha value is -1.21. The van der Waals surface area contributed by atoms with E-state index in [2.05, 4.69) is 22.4 Å². The fraction of sp³-hybridized carbons (Fsp3) is 0.750. The van der Waals surface area contributed by atoms with Crippen molar-refractivity contribution in [3.8, 4) is 0 Å². The van der Waals surface area contributed by atoms with Crippen LogP contribution in [0.3, 0.4) is 0 Å². The maximum absolute atomic E-state index is 12.1. The average Bonchev–Trinajstić information content (AvgIpc) is 2.80. The summed E-state index contributed by atoms with van der Waals surface area (Å²) in [7, 11) is 0. The highest BCUT2D eigenvalue weighted by Crippen LogP contribution is 2.24. The summed E-state index contributed by atoms with van der Waals surface area (Å²) in [5.41, 5.74) is 5.30.